The third-order valence-electron chi connectivity index (χ3n) is 3.58. The predicted octanol–water partition coefficient (Wildman–Crippen LogP) is 0.999. The molecule has 106 valence electrons. The van der Waals surface area contributed by atoms with Gasteiger partial charge in [0, 0.05) is 13.7 Å². The first-order valence-electron chi connectivity index (χ1n) is 6.57. The highest BCUT2D eigenvalue weighted by atomic mass is 16.7. The molecule has 5 nitrogen and oxygen atoms in total. The molecule has 3 rings (SSSR count). The first kappa shape index (κ1) is 13.3. The Morgan fingerprint density at radius 1 is 1.40 bits per heavy atom. The first-order valence-corrected chi connectivity index (χ1v) is 6.57. The molecular weight excluding hydrogens is 258 g/mol. The maximum Gasteiger partial charge on any atom is 0.331 e. The van der Waals surface area contributed by atoms with Crippen LogP contribution in [0.1, 0.15) is 5.56 Å². The molecule has 0 bridgehead atoms. The van der Waals surface area contributed by atoms with E-state index in [4.69, 9.17) is 14.2 Å². The molecular formula is C15H17NO4. The van der Waals surface area contributed by atoms with E-state index in [1.54, 1.807) is 13.2 Å². The average Bonchev–Trinajstić information content (AvgIpc) is 3.17. The van der Waals surface area contributed by atoms with Crippen LogP contribution in [0.15, 0.2) is 42.5 Å². The molecule has 0 aliphatic carbocycles. The lowest BCUT2D eigenvalue weighted by Crippen LogP contribution is -2.42. The Balaban J connectivity index is 1.59. The monoisotopic (exact) mass is 275 g/mol. The van der Waals surface area contributed by atoms with Crippen molar-refractivity contribution in [2.45, 2.75) is 24.5 Å². The number of benzene rings is 1. The van der Waals surface area contributed by atoms with Crippen LogP contribution >= 0.6 is 0 Å². The van der Waals surface area contributed by atoms with Gasteiger partial charge >= 0.3 is 5.97 Å². The number of methoxy groups -OCH3 is 1. The SMILES string of the molecule is CO[C@H]1C=C[C@@H]([C@]2(C(=O)OCc3ccccc3)CN2)O1. The van der Waals surface area contributed by atoms with E-state index in [1.165, 1.54) is 0 Å². The summed E-state index contributed by atoms with van der Waals surface area (Å²) in [4.78, 5) is 12.2. The topological polar surface area (TPSA) is 66.7 Å². The highest BCUT2D eigenvalue weighted by Gasteiger charge is 2.58. The van der Waals surface area contributed by atoms with E-state index in [1.807, 2.05) is 36.4 Å². The lowest BCUT2D eigenvalue weighted by molar-refractivity contribution is -0.157. The van der Waals surface area contributed by atoms with E-state index in [-0.39, 0.29) is 25.0 Å². The van der Waals surface area contributed by atoms with Gasteiger partial charge in [0.15, 0.2) is 11.8 Å². The van der Waals surface area contributed by atoms with Crippen molar-refractivity contribution in [3.63, 3.8) is 0 Å². The van der Waals surface area contributed by atoms with Crippen LogP contribution in [-0.4, -0.2) is 37.6 Å². The molecule has 2 heterocycles. The summed E-state index contributed by atoms with van der Waals surface area (Å²) in [5, 5.41) is 3.06. The van der Waals surface area contributed by atoms with Gasteiger partial charge in [0.1, 0.15) is 12.7 Å². The van der Waals surface area contributed by atoms with Gasteiger partial charge in [-0.25, -0.2) is 4.79 Å². The van der Waals surface area contributed by atoms with Crippen LogP contribution in [0.3, 0.4) is 0 Å². The van der Waals surface area contributed by atoms with Gasteiger partial charge in [-0.1, -0.05) is 36.4 Å². The van der Waals surface area contributed by atoms with Gasteiger partial charge in [0.25, 0.3) is 0 Å². The summed E-state index contributed by atoms with van der Waals surface area (Å²) >= 11 is 0. The van der Waals surface area contributed by atoms with Crippen molar-refractivity contribution < 1.29 is 19.0 Å². The number of carbonyl (C=O) groups excluding carboxylic acids is 1. The second kappa shape index (κ2) is 5.36. The van der Waals surface area contributed by atoms with Crippen LogP contribution in [-0.2, 0) is 25.6 Å². The van der Waals surface area contributed by atoms with Gasteiger partial charge in [-0.3, -0.25) is 5.32 Å². The van der Waals surface area contributed by atoms with Gasteiger partial charge in [0.05, 0.1) is 0 Å². The maximum absolute atomic E-state index is 12.2. The van der Waals surface area contributed by atoms with Crippen LogP contribution in [0.5, 0.6) is 0 Å². The van der Waals surface area contributed by atoms with Crippen molar-refractivity contribution >= 4 is 5.97 Å². The fourth-order valence-electron chi connectivity index (χ4n) is 2.25. The summed E-state index contributed by atoms with van der Waals surface area (Å²) in [6.07, 6.45) is 2.92. The van der Waals surface area contributed by atoms with E-state index in [9.17, 15) is 4.79 Å². The summed E-state index contributed by atoms with van der Waals surface area (Å²) in [5.74, 6) is -0.284. The van der Waals surface area contributed by atoms with Crippen LogP contribution in [0.2, 0.25) is 0 Å². The molecule has 0 amide bonds. The molecule has 5 heteroatoms. The molecule has 1 fully saturated rings. The fourth-order valence-corrected chi connectivity index (χ4v) is 2.25. The molecule has 0 radical (unpaired) electrons. The minimum Gasteiger partial charge on any atom is -0.459 e. The number of rotatable bonds is 5. The third-order valence-corrected chi connectivity index (χ3v) is 3.58. The average molecular weight is 275 g/mol. The molecule has 20 heavy (non-hydrogen) atoms. The maximum atomic E-state index is 12.2. The van der Waals surface area contributed by atoms with Gasteiger partial charge in [0.2, 0.25) is 0 Å². The normalized spacial score (nSPS) is 31.2. The van der Waals surface area contributed by atoms with E-state index in [0.29, 0.717) is 6.54 Å². The molecule has 0 spiro atoms. The number of esters is 1. The zero-order valence-electron chi connectivity index (χ0n) is 11.2. The quantitative estimate of drug-likeness (QED) is 0.493. The van der Waals surface area contributed by atoms with Gasteiger partial charge in [-0.05, 0) is 11.6 Å². The summed E-state index contributed by atoms with van der Waals surface area (Å²) < 4.78 is 16.1. The highest BCUT2D eigenvalue weighted by molar-refractivity contribution is 5.86. The van der Waals surface area contributed by atoms with Gasteiger partial charge in [-0.2, -0.15) is 0 Å². The first-order chi connectivity index (χ1) is 9.74. The molecule has 2 aliphatic heterocycles. The lowest BCUT2D eigenvalue weighted by atomic mass is 10.0. The Kier molecular flexibility index (Phi) is 3.56. The van der Waals surface area contributed by atoms with Crippen LogP contribution in [0.4, 0.5) is 0 Å². The van der Waals surface area contributed by atoms with Crippen LogP contribution in [0, 0.1) is 0 Å². The zero-order chi connectivity index (χ0) is 14.0. The molecule has 1 saturated heterocycles. The number of ether oxygens (including phenoxy) is 3. The summed E-state index contributed by atoms with van der Waals surface area (Å²) in [6.45, 7) is 0.833. The molecule has 1 aromatic rings. The van der Waals surface area contributed by atoms with Crippen molar-refractivity contribution in [3.8, 4) is 0 Å². The van der Waals surface area contributed by atoms with Crippen molar-refractivity contribution in [3.05, 3.63) is 48.0 Å². The Labute approximate surface area is 117 Å². The zero-order valence-corrected chi connectivity index (χ0v) is 11.2. The number of hydrogen-bond donors (Lipinski definition) is 1. The molecule has 2 aliphatic rings. The third kappa shape index (κ3) is 2.47. The van der Waals surface area contributed by atoms with Crippen molar-refractivity contribution in [2.75, 3.05) is 13.7 Å². The molecule has 1 N–H and O–H groups in total. The van der Waals surface area contributed by atoms with Crippen molar-refractivity contribution in [2.24, 2.45) is 0 Å². The van der Waals surface area contributed by atoms with Crippen LogP contribution < -0.4 is 5.32 Å². The highest BCUT2D eigenvalue weighted by Crippen LogP contribution is 2.31. The number of hydrogen-bond acceptors (Lipinski definition) is 5. The minimum atomic E-state index is -0.751. The number of carbonyl (C=O) groups is 1. The second-order valence-corrected chi connectivity index (χ2v) is 4.93. The smallest absolute Gasteiger partial charge is 0.331 e. The molecule has 1 aromatic carbocycles. The number of nitrogens with one attached hydrogen (secondary N) is 1. The van der Waals surface area contributed by atoms with E-state index >= 15 is 0 Å². The predicted molar refractivity (Wildman–Crippen MR) is 71.8 cm³/mol. The second-order valence-electron chi connectivity index (χ2n) is 4.93. The molecule has 0 unspecified atom stereocenters. The Hall–Kier alpha value is -1.69. The Morgan fingerprint density at radius 3 is 2.75 bits per heavy atom. The van der Waals surface area contributed by atoms with Crippen molar-refractivity contribution in [1.29, 1.82) is 0 Å². The van der Waals surface area contributed by atoms with Gasteiger partial charge < -0.3 is 14.2 Å². The van der Waals surface area contributed by atoms with E-state index < -0.39 is 5.54 Å². The standard InChI is InChI=1S/C15H17NO4/c1-18-13-8-7-12(20-13)15(10-16-15)14(17)19-9-11-5-3-2-4-6-11/h2-8,12-13,16H,9-10H2,1H3/t12-,13+,15-/m0/s1. The fraction of sp³-hybridized carbons (Fsp3) is 0.400. The van der Waals surface area contributed by atoms with E-state index in [2.05, 4.69) is 5.32 Å². The molecule has 3 atom stereocenters. The largest absolute Gasteiger partial charge is 0.459 e. The summed E-state index contributed by atoms with van der Waals surface area (Å²) in [5.41, 5.74) is 0.216. The van der Waals surface area contributed by atoms with E-state index in [0.717, 1.165) is 5.56 Å². The Bertz CT molecular complexity index is 510. The lowest BCUT2D eigenvalue weighted by Gasteiger charge is -2.20. The Morgan fingerprint density at radius 2 is 2.15 bits per heavy atom. The summed E-state index contributed by atoms with van der Waals surface area (Å²) in [7, 11) is 1.57. The van der Waals surface area contributed by atoms with Gasteiger partial charge in [-0.15, -0.1) is 0 Å². The van der Waals surface area contributed by atoms with Crippen molar-refractivity contribution in [1.82, 2.24) is 5.32 Å². The minimum absolute atomic E-state index is 0.271. The summed E-state index contributed by atoms with van der Waals surface area (Å²) in [6, 6.07) is 9.61. The molecule has 0 aromatic heterocycles. The van der Waals surface area contributed by atoms with Crippen LogP contribution in [0.25, 0.3) is 0 Å². The molecule has 0 saturated carbocycles.